The van der Waals surface area contributed by atoms with E-state index in [2.05, 4.69) is 0 Å². The summed E-state index contributed by atoms with van der Waals surface area (Å²) in [5, 5.41) is 16.3. The first kappa shape index (κ1) is 47.7. The predicted octanol–water partition coefficient (Wildman–Crippen LogP) is 4.42. The van der Waals surface area contributed by atoms with Gasteiger partial charge in [0.1, 0.15) is 44.6 Å². The van der Waals surface area contributed by atoms with Gasteiger partial charge in [-0.05, 0) is 41.5 Å². The number of nitrogens with two attached hydrogens (primary N) is 3. The maximum atomic E-state index is 11.8. The number of ether oxygens (including phenoxy) is 4. The fourth-order valence-electron chi connectivity index (χ4n) is 4.48. The lowest BCUT2D eigenvalue weighted by molar-refractivity contribution is -0.149. The van der Waals surface area contributed by atoms with Gasteiger partial charge in [-0.1, -0.05) is 121 Å². The standard InChI is InChI=1S/2C19H21NO4.C5H9NO4/c2*20-17(19(22)24-14-16-9-5-2-6-10-16)11-12-18(21)23-13-15-7-3-1-4-8-15;6-3(5(9)10)1-2-4(7)8/h2*1-10,17H,11-14,20H2;3H,1-2,6H2,(H,7,8)(H,9,10)/t2*17-;3-/m000/s1. The molecule has 15 heteroatoms. The highest BCUT2D eigenvalue weighted by Gasteiger charge is 2.19. The zero-order chi connectivity index (χ0) is 42.5. The van der Waals surface area contributed by atoms with Crippen LogP contribution >= 0.6 is 0 Å². The number of hydrogen-bond donors (Lipinski definition) is 5. The molecule has 8 N–H and O–H groups in total. The molecule has 4 aromatic rings. The third kappa shape index (κ3) is 22.2. The summed E-state index contributed by atoms with van der Waals surface area (Å²) in [6, 6.07) is 34.8. The van der Waals surface area contributed by atoms with Crippen LogP contribution in [-0.2, 0) is 74.1 Å². The average molecular weight is 802 g/mol. The molecular weight excluding hydrogens is 750 g/mol. The predicted molar refractivity (Wildman–Crippen MR) is 212 cm³/mol. The van der Waals surface area contributed by atoms with E-state index in [1.165, 1.54) is 0 Å². The van der Waals surface area contributed by atoms with Crippen molar-refractivity contribution < 1.29 is 57.9 Å². The minimum atomic E-state index is -1.17. The SMILES string of the molecule is N[C@@H](CCC(=O)O)C(=O)O.N[C@@H](CCC(=O)OCc1ccccc1)C(=O)OCc1ccccc1.N[C@@H](CCC(=O)OCc1ccccc1)C(=O)OCc1ccccc1. The number of esters is 4. The van der Waals surface area contributed by atoms with Crippen LogP contribution in [-0.4, -0.2) is 64.2 Å². The Balaban J connectivity index is 0.000000326. The Labute approximate surface area is 337 Å². The van der Waals surface area contributed by atoms with Crippen molar-refractivity contribution >= 4 is 35.8 Å². The first-order valence-corrected chi connectivity index (χ1v) is 18.4. The Kier molecular flexibility index (Phi) is 23.1. The van der Waals surface area contributed by atoms with Crippen LogP contribution in [0.4, 0.5) is 0 Å². The molecule has 0 amide bonds. The van der Waals surface area contributed by atoms with E-state index in [1.807, 2.05) is 121 Å². The fraction of sp³-hybridized carbons (Fsp3) is 0.302. The summed E-state index contributed by atoms with van der Waals surface area (Å²) >= 11 is 0. The molecule has 4 aromatic carbocycles. The highest BCUT2D eigenvalue weighted by Crippen LogP contribution is 2.08. The molecule has 0 aliphatic carbocycles. The molecule has 3 atom stereocenters. The quantitative estimate of drug-likeness (QED) is 0.0612. The van der Waals surface area contributed by atoms with Crippen molar-refractivity contribution in [3.8, 4) is 0 Å². The Hall–Kier alpha value is -6.42. The smallest absolute Gasteiger partial charge is 0.323 e. The Bertz CT molecular complexity index is 1700. The zero-order valence-corrected chi connectivity index (χ0v) is 32.1. The second-order valence-corrected chi connectivity index (χ2v) is 12.6. The van der Waals surface area contributed by atoms with Gasteiger partial charge in [0, 0.05) is 19.3 Å². The van der Waals surface area contributed by atoms with Crippen LogP contribution in [0.1, 0.15) is 60.8 Å². The average Bonchev–Trinajstić information content (AvgIpc) is 3.25. The number of carbonyl (C=O) groups excluding carboxylic acids is 4. The van der Waals surface area contributed by atoms with Crippen LogP contribution < -0.4 is 17.2 Å². The summed E-state index contributed by atoms with van der Waals surface area (Å²) < 4.78 is 20.6. The highest BCUT2D eigenvalue weighted by atomic mass is 16.5. The molecule has 4 rings (SSSR count). The number of hydrogen-bond acceptors (Lipinski definition) is 13. The molecule has 0 unspecified atom stereocenters. The first-order chi connectivity index (χ1) is 27.8. The van der Waals surface area contributed by atoms with Gasteiger partial charge in [0.15, 0.2) is 0 Å². The van der Waals surface area contributed by atoms with Gasteiger partial charge in [-0.2, -0.15) is 0 Å². The van der Waals surface area contributed by atoms with Gasteiger partial charge in [-0.3, -0.25) is 28.8 Å². The van der Waals surface area contributed by atoms with Crippen molar-refractivity contribution in [3.05, 3.63) is 144 Å². The van der Waals surface area contributed by atoms with Gasteiger partial charge in [0.2, 0.25) is 0 Å². The van der Waals surface area contributed by atoms with E-state index in [0.717, 1.165) is 22.3 Å². The summed E-state index contributed by atoms with van der Waals surface area (Å²) in [5.41, 5.74) is 20.1. The molecule has 0 aromatic heterocycles. The largest absolute Gasteiger partial charge is 0.481 e. The second-order valence-electron chi connectivity index (χ2n) is 12.6. The molecule has 0 fully saturated rings. The third-order valence-corrected chi connectivity index (χ3v) is 7.84. The van der Waals surface area contributed by atoms with Crippen molar-refractivity contribution in [1.29, 1.82) is 0 Å². The van der Waals surface area contributed by atoms with Crippen LogP contribution in [0.15, 0.2) is 121 Å². The molecule has 0 heterocycles. The van der Waals surface area contributed by atoms with Crippen LogP contribution in [0, 0.1) is 0 Å². The Morgan fingerprint density at radius 3 is 0.966 bits per heavy atom. The van der Waals surface area contributed by atoms with E-state index < -0.39 is 42.0 Å². The minimum Gasteiger partial charge on any atom is -0.481 e. The Morgan fingerprint density at radius 2 is 0.690 bits per heavy atom. The summed E-state index contributed by atoms with van der Waals surface area (Å²) in [6.07, 6.45) is 0.323. The van der Waals surface area contributed by atoms with Crippen molar-refractivity contribution in [1.82, 2.24) is 0 Å². The Morgan fingerprint density at radius 1 is 0.414 bits per heavy atom. The van der Waals surface area contributed by atoms with E-state index in [9.17, 15) is 28.8 Å². The lowest BCUT2D eigenvalue weighted by Crippen LogP contribution is -2.32. The molecular formula is C43H51N3O12. The zero-order valence-electron chi connectivity index (χ0n) is 32.1. The molecule has 58 heavy (non-hydrogen) atoms. The van der Waals surface area contributed by atoms with Crippen LogP contribution in [0.3, 0.4) is 0 Å². The van der Waals surface area contributed by atoms with Crippen molar-refractivity contribution in [2.75, 3.05) is 0 Å². The second kappa shape index (κ2) is 28.0. The van der Waals surface area contributed by atoms with Gasteiger partial charge in [-0.15, -0.1) is 0 Å². The molecule has 0 spiro atoms. The van der Waals surface area contributed by atoms with E-state index in [1.54, 1.807) is 0 Å². The lowest BCUT2D eigenvalue weighted by Gasteiger charge is -2.11. The maximum Gasteiger partial charge on any atom is 0.323 e. The van der Waals surface area contributed by atoms with Gasteiger partial charge in [0.05, 0.1) is 0 Å². The van der Waals surface area contributed by atoms with Crippen LogP contribution in [0.2, 0.25) is 0 Å². The van der Waals surface area contributed by atoms with E-state index in [4.69, 9.17) is 46.4 Å². The minimum absolute atomic E-state index is 0.0231. The number of carbonyl (C=O) groups is 6. The van der Waals surface area contributed by atoms with Crippen molar-refractivity contribution in [2.45, 2.75) is 83.1 Å². The monoisotopic (exact) mass is 801 g/mol. The summed E-state index contributed by atoms with van der Waals surface area (Å²) in [5.74, 6) is -4.00. The van der Waals surface area contributed by atoms with E-state index in [0.29, 0.717) is 0 Å². The third-order valence-electron chi connectivity index (χ3n) is 7.84. The van der Waals surface area contributed by atoms with Crippen molar-refractivity contribution in [3.63, 3.8) is 0 Å². The molecule has 15 nitrogen and oxygen atoms in total. The number of rotatable bonds is 20. The summed E-state index contributed by atoms with van der Waals surface area (Å²) in [4.78, 5) is 66.9. The van der Waals surface area contributed by atoms with Crippen molar-refractivity contribution in [2.24, 2.45) is 17.2 Å². The van der Waals surface area contributed by atoms with E-state index >= 15 is 0 Å². The van der Waals surface area contributed by atoms with Crippen LogP contribution in [0.5, 0.6) is 0 Å². The van der Waals surface area contributed by atoms with Gasteiger partial charge < -0.3 is 46.4 Å². The number of aliphatic carboxylic acids is 2. The van der Waals surface area contributed by atoms with E-state index in [-0.39, 0.29) is 76.9 Å². The van der Waals surface area contributed by atoms with Gasteiger partial charge in [-0.25, -0.2) is 0 Å². The normalized spacial score (nSPS) is 11.7. The first-order valence-electron chi connectivity index (χ1n) is 18.4. The molecule has 310 valence electrons. The summed E-state index contributed by atoms with van der Waals surface area (Å²) in [6.45, 7) is 0.776. The number of carboxylic acid groups (broad SMARTS) is 2. The molecule has 0 aliphatic heterocycles. The molecule has 0 radical (unpaired) electrons. The van der Waals surface area contributed by atoms with Crippen LogP contribution in [0.25, 0.3) is 0 Å². The highest BCUT2D eigenvalue weighted by molar-refractivity contribution is 5.78. The fourth-order valence-corrected chi connectivity index (χ4v) is 4.48. The molecule has 0 bridgehead atoms. The molecule has 0 saturated carbocycles. The topological polar surface area (TPSA) is 258 Å². The molecule has 0 aliphatic rings. The molecule has 0 saturated heterocycles. The van der Waals surface area contributed by atoms with Gasteiger partial charge in [0.25, 0.3) is 0 Å². The summed E-state index contributed by atoms with van der Waals surface area (Å²) in [7, 11) is 0. The maximum absolute atomic E-state index is 11.8. The number of benzene rings is 4. The van der Waals surface area contributed by atoms with Gasteiger partial charge >= 0.3 is 35.8 Å². The number of carboxylic acids is 2. The lowest BCUT2D eigenvalue weighted by atomic mass is 10.1.